The van der Waals surface area contributed by atoms with Gasteiger partial charge in [-0.2, -0.15) is 5.10 Å². The van der Waals surface area contributed by atoms with E-state index in [-0.39, 0.29) is 11.4 Å². The van der Waals surface area contributed by atoms with E-state index in [0.29, 0.717) is 17.2 Å². The molecule has 0 fully saturated rings. The summed E-state index contributed by atoms with van der Waals surface area (Å²) in [5.41, 5.74) is 9.74. The second-order valence-corrected chi connectivity index (χ2v) is 7.55. The maximum Gasteiger partial charge on any atom is 0.221 e. The fourth-order valence-electron chi connectivity index (χ4n) is 3.17. The summed E-state index contributed by atoms with van der Waals surface area (Å²) in [5.74, 6) is 0.282. The number of carbonyl (C=O) groups is 1. The Morgan fingerprint density at radius 2 is 2.00 bits per heavy atom. The summed E-state index contributed by atoms with van der Waals surface area (Å²) in [6.45, 7) is 7.67. The van der Waals surface area contributed by atoms with Crippen molar-refractivity contribution in [2.75, 3.05) is 11.1 Å². The molecule has 3 heterocycles. The van der Waals surface area contributed by atoms with E-state index in [1.165, 1.54) is 13.3 Å². The summed E-state index contributed by atoms with van der Waals surface area (Å²) in [6, 6.07) is 7.71. The number of rotatable bonds is 2. The van der Waals surface area contributed by atoms with Gasteiger partial charge in [-0.05, 0) is 39.0 Å². The number of H-pyrrole nitrogens is 1. The lowest BCUT2D eigenvalue weighted by Crippen LogP contribution is -2.23. The van der Waals surface area contributed by atoms with Crippen molar-refractivity contribution in [3.8, 4) is 11.4 Å². The van der Waals surface area contributed by atoms with Crippen molar-refractivity contribution >= 4 is 39.3 Å². The highest BCUT2D eigenvalue weighted by Crippen LogP contribution is 2.34. The van der Waals surface area contributed by atoms with Gasteiger partial charge >= 0.3 is 0 Å². The van der Waals surface area contributed by atoms with E-state index in [9.17, 15) is 4.79 Å². The molecule has 0 aliphatic rings. The molecule has 8 heteroatoms. The van der Waals surface area contributed by atoms with Crippen LogP contribution >= 0.6 is 0 Å². The number of fused-ring (bicyclic) bond motifs is 2. The average molecular weight is 363 g/mol. The van der Waals surface area contributed by atoms with E-state index < -0.39 is 0 Å². The van der Waals surface area contributed by atoms with Gasteiger partial charge in [0.25, 0.3) is 0 Å². The number of nitrogens with two attached hydrogens (primary N) is 1. The lowest BCUT2D eigenvalue weighted by Gasteiger charge is -2.19. The van der Waals surface area contributed by atoms with Crippen molar-refractivity contribution in [2.24, 2.45) is 0 Å². The largest absolute Gasteiger partial charge is 0.383 e. The van der Waals surface area contributed by atoms with E-state index in [0.717, 1.165) is 27.7 Å². The Balaban J connectivity index is 1.93. The van der Waals surface area contributed by atoms with Gasteiger partial charge in [0.1, 0.15) is 17.8 Å². The maximum absolute atomic E-state index is 11.3. The number of aromatic nitrogens is 5. The van der Waals surface area contributed by atoms with Gasteiger partial charge in [0.2, 0.25) is 5.91 Å². The van der Waals surface area contributed by atoms with Gasteiger partial charge in [-0.3, -0.25) is 4.79 Å². The monoisotopic (exact) mass is 363 g/mol. The number of nitrogen functional groups attached to an aromatic ring is 1. The van der Waals surface area contributed by atoms with Crippen molar-refractivity contribution in [2.45, 2.75) is 33.2 Å². The smallest absolute Gasteiger partial charge is 0.221 e. The quantitative estimate of drug-likeness (QED) is 0.506. The van der Waals surface area contributed by atoms with Crippen molar-refractivity contribution in [3.63, 3.8) is 0 Å². The molecule has 8 nitrogen and oxygen atoms in total. The second-order valence-electron chi connectivity index (χ2n) is 7.55. The van der Waals surface area contributed by atoms with Gasteiger partial charge < -0.3 is 16.0 Å². The summed E-state index contributed by atoms with van der Waals surface area (Å²) < 4.78 is 1.87. The first-order valence-electron chi connectivity index (χ1n) is 8.64. The van der Waals surface area contributed by atoms with E-state index >= 15 is 0 Å². The van der Waals surface area contributed by atoms with E-state index in [2.05, 4.69) is 41.0 Å². The molecule has 1 amide bonds. The van der Waals surface area contributed by atoms with E-state index in [1.54, 1.807) is 0 Å². The van der Waals surface area contributed by atoms with Gasteiger partial charge in [0, 0.05) is 23.5 Å². The molecule has 4 N–H and O–H groups in total. The van der Waals surface area contributed by atoms with Gasteiger partial charge in [0.15, 0.2) is 5.65 Å². The first kappa shape index (κ1) is 17.0. The van der Waals surface area contributed by atoms with Gasteiger partial charge in [-0.15, -0.1) is 0 Å². The van der Waals surface area contributed by atoms with E-state index in [1.807, 2.05) is 28.9 Å². The van der Waals surface area contributed by atoms with Gasteiger partial charge in [-0.25, -0.2) is 14.6 Å². The number of anilines is 2. The van der Waals surface area contributed by atoms with Gasteiger partial charge in [0.05, 0.1) is 16.6 Å². The molecule has 3 aromatic heterocycles. The highest BCUT2D eigenvalue weighted by atomic mass is 16.1. The Morgan fingerprint density at radius 3 is 2.70 bits per heavy atom. The molecule has 0 unspecified atom stereocenters. The predicted octanol–water partition coefficient (Wildman–Crippen LogP) is 3.27. The number of aromatic amines is 1. The summed E-state index contributed by atoms with van der Waals surface area (Å²) in [5, 5.41) is 9.31. The summed E-state index contributed by atoms with van der Waals surface area (Å²) >= 11 is 0. The first-order chi connectivity index (χ1) is 12.7. The number of carbonyl (C=O) groups excluding carboxylic acids is 1. The third-order valence-electron chi connectivity index (χ3n) is 4.33. The molecule has 0 saturated carbocycles. The first-order valence-corrected chi connectivity index (χ1v) is 8.64. The summed E-state index contributed by atoms with van der Waals surface area (Å²) in [7, 11) is 0. The second kappa shape index (κ2) is 5.80. The molecular formula is C19H21N7O. The van der Waals surface area contributed by atoms with Crippen LogP contribution in [0, 0.1) is 0 Å². The number of benzene rings is 1. The molecule has 0 aliphatic carbocycles. The van der Waals surface area contributed by atoms with Crippen LogP contribution in [0.1, 0.15) is 27.7 Å². The molecule has 0 radical (unpaired) electrons. The number of hydrogen-bond acceptors (Lipinski definition) is 5. The Bertz CT molecular complexity index is 1180. The van der Waals surface area contributed by atoms with Crippen LogP contribution < -0.4 is 11.1 Å². The van der Waals surface area contributed by atoms with Crippen LogP contribution in [-0.2, 0) is 10.3 Å². The van der Waals surface area contributed by atoms with E-state index in [4.69, 9.17) is 10.8 Å². The Labute approximate surface area is 155 Å². The number of hydrogen-bond donors (Lipinski definition) is 3. The summed E-state index contributed by atoms with van der Waals surface area (Å²) in [6.07, 6.45) is 1.45. The molecular weight excluding hydrogens is 342 g/mol. The van der Waals surface area contributed by atoms with Crippen molar-refractivity contribution in [1.82, 2.24) is 24.7 Å². The third kappa shape index (κ3) is 2.88. The maximum atomic E-state index is 11.3. The molecule has 4 aromatic rings. The molecule has 0 bridgehead atoms. The Kier molecular flexibility index (Phi) is 3.66. The minimum Gasteiger partial charge on any atom is -0.383 e. The molecule has 0 spiro atoms. The highest BCUT2D eigenvalue weighted by molar-refractivity contribution is 6.00. The highest BCUT2D eigenvalue weighted by Gasteiger charge is 2.24. The van der Waals surface area contributed by atoms with Crippen LogP contribution in [0.4, 0.5) is 11.5 Å². The van der Waals surface area contributed by atoms with Crippen molar-refractivity contribution in [1.29, 1.82) is 0 Å². The average Bonchev–Trinajstić information content (AvgIpc) is 3.15. The topological polar surface area (TPSA) is 115 Å². The van der Waals surface area contributed by atoms with Crippen LogP contribution in [0.2, 0.25) is 0 Å². The predicted molar refractivity (Wildman–Crippen MR) is 106 cm³/mol. The zero-order chi connectivity index (χ0) is 19.3. The van der Waals surface area contributed by atoms with Gasteiger partial charge in [-0.1, -0.05) is 6.07 Å². The molecule has 138 valence electrons. The molecule has 0 saturated heterocycles. The number of nitrogens with zero attached hydrogens (tertiary/aromatic N) is 4. The molecule has 27 heavy (non-hydrogen) atoms. The number of nitrogens with one attached hydrogen (secondary N) is 2. The van der Waals surface area contributed by atoms with Crippen LogP contribution in [0.5, 0.6) is 0 Å². The summed E-state index contributed by atoms with van der Waals surface area (Å²) in [4.78, 5) is 23.2. The van der Waals surface area contributed by atoms with Crippen LogP contribution in [0.25, 0.3) is 33.3 Å². The lowest BCUT2D eigenvalue weighted by molar-refractivity contribution is -0.114. The van der Waals surface area contributed by atoms with Crippen LogP contribution in [-0.4, -0.2) is 30.6 Å². The zero-order valence-electron chi connectivity index (χ0n) is 15.7. The molecule has 0 aliphatic heterocycles. The third-order valence-corrected chi connectivity index (χ3v) is 4.33. The van der Waals surface area contributed by atoms with Crippen LogP contribution in [0.3, 0.4) is 0 Å². The Hall–Kier alpha value is -3.42. The van der Waals surface area contributed by atoms with Crippen molar-refractivity contribution in [3.05, 3.63) is 30.6 Å². The molecule has 0 atom stereocenters. The fourth-order valence-corrected chi connectivity index (χ4v) is 3.17. The lowest BCUT2D eigenvalue weighted by atomic mass is 10.1. The standard InChI is InChI=1S/C19H21N7O/c1-10(27)23-12-6-5-11-7-14(24-13(11)8-12)16-15-17(20)21-9-22-18(15)26(25-16)19(2,3)4/h5-9,24H,1-4H3,(H,23,27)(H2,20,21,22). The minimum absolute atomic E-state index is 0.110. The molecule has 4 rings (SSSR count). The zero-order valence-corrected chi connectivity index (χ0v) is 15.7. The fraction of sp³-hybridized carbons (Fsp3) is 0.263. The Morgan fingerprint density at radius 1 is 1.22 bits per heavy atom. The minimum atomic E-state index is -0.262. The molecule has 1 aromatic carbocycles. The van der Waals surface area contributed by atoms with Crippen molar-refractivity contribution < 1.29 is 4.79 Å². The SMILES string of the molecule is CC(=O)Nc1ccc2cc(-c3nn(C(C)(C)C)c4ncnc(N)c34)[nH]c2c1. The number of amides is 1. The normalized spacial score (nSPS) is 12.0. The van der Waals surface area contributed by atoms with Crippen LogP contribution in [0.15, 0.2) is 30.6 Å².